The minimum atomic E-state index is -0.00811. The lowest BCUT2D eigenvalue weighted by Crippen LogP contribution is -2.43. The molecule has 0 radical (unpaired) electrons. The summed E-state index contributed by atoms with van der Waals surface area (Å²) in [6.07, 6.45) is 2.41. The molecule has 1 amide bonds. The van der Waals surface area contributed by atoms with Crippen molar-refractivity contribution in [2.24, 2.45) is 0 Å². The number of thiophene rings is 1. The van der Waals surface area contributed by atoms with E-state index in [4.69, 9.17) is 9.47 Å². The average molecular weight is 269 g/mol. The molecule has 0 unspecified atom stereocenters. The van der Waals surface area contributed by atoms with Crippen LogP contribution in [0.15, 0.2) is 17.5 Å². The summed E-state index contributed by atoms with van der Waals surface area (Å²) in [4.78, 5) is 13.1. The minimum Gasteiger partial charge on any atom is -0.377 e. The molecule has 1 N–H and O–H groups in total. The van der Waals surface area contributed by atoms with Gasteiger partial charge in [0.1, 0.15) is 6.10 Å². The van der Waals surface area contributed by atoms with E-state index in [0.717, 1.165) is 12.8 Å². The van der Waals surface area contributed by atoms with Gasteiger partial charge in [0.25, 0.3) is 0 Å². The smallest absolute Gasteiger partial charge is 0.220 e. The van der Waals surface area contributed by atoms with Gasteiger partial charge in [0, 0.05) is 18.4 Å². The first kappa shape index (κ1) is 13.5. The van der Waals surface area contributed by atoms with Crippen LogP contribution in [0.3, 0.4) is 0 Å². The van der Waals surface area contributed by atoms with Crippen LogP contribution in [0.25, 0.3) is 0 Å². The molecule has 0 aromatic carbocycles. The molecule has 4 nitrogen and oxygen atoms in total. The SMILES string of the molecule is CO[C@H]1COC[C@@H]1NC(=O)CCCc1cccs1. The van der Waals surface area contributed by atoms with Gasteiger partial charge in [-0.1, -0.05) is 6.07 Å². The molecule has 1 fully saturated rings. The van der Waals surface area contributed by atoms with Gasteiger partial charge >= 0.3 is 0 Å². The fourth-order valence-electron chi connectivity index (χ4n) is 2.06. The minimum absolute atomic E-state index is 0.00392. The number of carbonyl (C=O) groups excluding carboxylic acids is 1. The van der Waals surface area contributed by atoms with Crippen molar-refractivity contribution < 1.29 is 14.3 Å². The molecule has 1 aliphatic heterocycles. The number of amides is 1. The summed E-state index contributed by atoms with van der Waals surface area (Å²) in [5, 5.41) is 5.04. The monoisotopic (exact) mass is 269 g/mol. The Kier molecular flexibility index (Phi) is 5.16. The third kappa shape index (κ3) is 3.80. The molecule has 5 heteroatoms. The molecule has 1 aromatic rings. The van der Waals surface area contributed by atoms with Gasteiger partial charge in [0.05, 0.1) is 19.3 Å². The number of hydrogen-bond acceptors (Lipinski definition) is 4. The van der Waals surface area contributed by atoms with Crippen LogP contribution in [0.5, 0.6) is 0 Å². The summed E-state index contributed by atoms with van der Waals surface area (Å²) < 4.78 is 10.5. The van der Waals surface area contributed by atoms with Gasteiger partial charge < -0.3 is 14.8 Å². The molecule has 0 spiro atoms. The van der Waals surface area contributed by atoms with Gasteiger partial charge in [-0.25, -0.2) is 0 Å². The second-order valence-electron chi connectivity index (χ2n) is 4.42. The van der Waals surface area contributed by atoms with Crippen LogP contribution in [-0.2, 0) is 20.7 Å². The van der Waals surface area contributed by atoms with E-state index in [1.807, 2.05) is 6.07 Å². The number of rotatable bonds is 6. The van der Waals surface area contributed by atoms with Crippen molar-refractivity contribution in [2.75, 3.05) is 20.3 Å². The van der Waals surface area contributed by atoms with E-state index in [9.17, 15) is 4.79 Å². The van der Waals surface area contributed by atoms with Crippen LogP contribution in [-0.4, -0.2) is 38.4 Å². The van der Waals surface area contributed by atoms with Crippen LogP contribution < -0.4 is 5.32 Å². The Balaban J connectivity index is 1.65. The van der Waals surface area contributed by atoms with Crippen molar-refractivity contribution in [3.05, 3.63) is 22.4 Å². The van der Waals surface area contributed by atoms with Gasteiger partial charge in [-0.05, 0) is 24.3 Å². The lowest BCUT2D eigenvalue weighted by atomic mass is 10.1. The van der Waals surface area contributed by atoms with Crippen molar-refractivity contribution >= 4 is 17.2 Å². The van der Waals surface area contributed by atoms with Gasteiger partial charge in [0.15, 0.2) is 0 Å². The molecule has 0 bridgehead atoms. The molecule has 1 aliphatic rings. The van der Waals surface area contributed by atoms with E-state index in [0.29, 0.717) is 19.6 Å². The maximum absolute atomic E-state index is 11.8. The second-order valence-corrected chi connectivity index (χ2v) is 5.45. The number of nitrogens with one attached hydrogen (secondary N) is 1. The summed E-state index contributed by atoms with van der Waals surface area (Å²) in [5.74, 6) is 0.0871. The molecular weight excluding hydrogens is 250 g/mol. The quantitative estimate of drug-likeness (QED) is 0.853. The van der Waals surface area contributed by atoms with Crippen LogP contribution >= 0.6 is 11.3 Å². The highest BCUT2D eigenvalue weighted by atomic mass is 32.1. The Labute approximate surface area is 111 Å². The van der Waals surface area contributed by atoms with E-state index in [1.54, 1.807) is 18.4 Å². The van der Waals surface area contributed by atoms with Gasteiger partial charge in [-0.2, -0.15) is 0 Å². The van der Waals surface area contributed by atoms with E-state index in [-0.39, 0.29) is 18.1 Å². The van der Waals surface area contributed by atoms with Crippen molar-refractivity contribution in [3.63, 3.8) is 0 Å². The Morgan fingerprint density at radius 2 is 2.50 bits per heavy atom. The molecule has 0 aliphatic carbocycles. The molecule has 2 atom stereocenters. The highest BCUT2D eigenvalue weighted by Crippen LogP contribution is 2.13. The number of methoxy groups -OCH3 is 1. The summed E-state index contributed by atoms with van der Waals surface area (Å²) in [7, 11) is 1.65. The van der Waals surface area contributed by atoms with Crippen LogP contribution in [0.1, 0.15) is 17.7 Å². The van der Waals surface area contributed by atoms with Gasteiger partial charge in [-0.3, -0.25) is 4.79 Å². The number of aryl methyl sites for hydroxylation is 1. The van der Waals surface area contributed by atoms with E-state index in [2.05, 4.69) is 16.8 Å². The van der Waals surface area contributed by atoms with E-state index < -0.39 is 0 Å². The second kappa shape index (κ2) is 6.87. The third-order valence-corrected chi connectivity index (χ3v) is 4.02. The highest BCUT2D eigenvalue weighted by Gasteiger charge is 2.29. The van der Waals surface area contributed by atoms with Gasteiger partial charge in [-0.15, -0.1) is 11.3 Å². The lowest BCUT2D eigenvalue weighted by Gasteiger charge is -2.17. The van der Waals surface area contributed by atoms with Crippen molar-refractivity contribution in [1.82, 2.24) is 5.32 Å². The summed E-state index contributed by atoms with van der Waals surface area (Å²) in [6.45, 7) is 1.12. The molecule has 1 aromatic heterocycles. The first-order valence-electron chi connectivity index (χ1n) is 6.22. The zero-order valence-electron chi connectivity index (χ0n) is 10.6. The summed E-state index contributed by atoms with van der Waals surface area (Å²) >= 11 is 1.74. The zero-order chi connectivity index (χ0) is 12.8. The van der Waals surface area contributed by atoms with Crippen molar-refractivity contribution in [1.29, 1.82) is 0 Å². The Bertz CT molecular complexity index is 366. The Hall–Kier alpha value is -0.910. The topological polar surface area (TPSA) is 47.6 Å². The maximum atomic E-state index is 11.8. The molecule has 100 valence electrons. The normalized spacial score (nSPS) is 23.2. The predicted octanol–water partition coefficient (Wildman–Crippen LogP) is 1.60. The number of carbonyl (C=O) groups is 1. The predicted molar refractivity (Wildman–Crippen MR) is 70.8 cm³/mol. The van der Waals surface area contributed by atoms with Crippen LogP contribution in [0.2, 0.25) is 0 Å². The van der Waals surface area contributed by atoms with E-state index in [1.165, 1.54) is 4.88 Å². The fraction of sp³-hybridized carbons (Fsp3) is 0.615. The Morgan fingerprint density at radius 1 is 1.61 bits per heavy atom. The zero-order valence-corrected chi connectivity index (χ0v) is 11.4. The Morgan fingerprint density at radius 3 is 3.22 bits per heavy atom. The van der Waals surface area contributed by atoms with Crippen LogP contribution in [0.4, 0.5) is 0 Å². The molecule has 2 heterocycles. The van der Waals surface area contributed by atoms with Crippen LogP contribution in [0, 0.1) is 0 Å². The highest BCUT2D eigenvalue weighted by molar-refractivity contribution is 7.09. The van der Waals surface area contributed by atoms with Crippen molar-refractivity contribution in [3.8, 4) is 0 Å². The fourth-order valence-corrected chi connectivity index (χ4v) is 2.81. The number of ether oxygens (including phenoxy) is 2. The summed E-state index contributed by atoms with van der Waals surface area (Å²) in [6, 6.07) is 4.15. The third-order valence-electron chi connectivity index (χ3n) is 3.08. The number of hydrogen-bond donors (Lipinski definition) is 1. The molecule has 0 saturated carbocycles. The maximum Gasteiger partial charge on any atom is 0.220 e. The molecule has 2 rings (SSSR count). The van der Waals surface area contributed by atoms with E-state index >= 15 is 0 Å². The molecular formula is C13H19NO3S. The first-order valence-corrected chi connectivity index (χ1v) is 7.10. The largest absolute Gasteiger partial charge is 0.377 e. The van der Waals surface area contributed by atoms with Gasteiger partial charge in [0.2, 0.25) is 5.91 Å². The first-order chi connectivity index (χ1) is 8.79. The molecule has 18 heavy (non-hydrogen) atoms. The van der Waals surface area contributed by atoms with Crippen molar-refractivity contribution in [2.45, 2.75) is 31.4 Å². The summed E-state index contributed by atoms with van der Waals surface area (Å²) in [5.41, 5.74) is 0. The molecule has 1 saturated heterocycles. The average Bonchev–Trinajstić information content (AvgIpc) is 3.00. The standard InChI is InChI=1S/C13H19NO3S/c1-16-12-9-17-8-11(12)14-13(15)6-2-4-10-5-3-7-18-10/h3,5,7,11-12H,2,4,6,8-9H2,1H3,(H,14,15)/t11-,12-/m0/s1. The lowest BCUT2D eigenvalue weighted by molar-refractivity contribution is -0.122.